The Morgan fingerprint density at radius 1 is 1.06 bits per heavy atom. The molecule has 3 heterocycles. The van der Waals surface area contributed by atoms with Crippen molar-refractivity contribution in [3.8, 4) is 0 Å². The molecule has 1 unspecified atom stereocenters. The second-order valence-corrected chi connectivity index (χ2v) is 11.3. The highest BCUT2D eigenvalue weighted by molar-refractivity contribution is 7.19. The zero-order valence-electron chi connectivity index (χ0n) is 19.9. The maximum absolute atomic E-state index is 13.0. The van der Waals surface area contributed by atoms with Crippen LogP contribution in [0.25, 0.3) is 10.2 Å². The van der Waals surface area contributed by atoms with Crippen LogP contribution in [0.1, 0.15) is 81.5 Å². The molecule has 174 valence electrons. The number of carbonyl (C=O) groups excluding carboxylic acids is 1. The maximum Gasteiger partial charge on any atom is 0.225 e. The number of rotatable bonds is 5. The summed E-state index contributed by atoms with van der Waals surface area (Å²) in [6.45, 7) is 8.03. The summed E-state index contributed by atoms with van der Waals surface area (Å²) in [4.78, 5) is 30.5. The summed E-state index contributed by atoms with van der Waals surface area (Å²) in [7, 11) is 0. The van der Waals surface area contributed by atoms with E-state index in [9.17, 15) is 4.79 Å². The highest BCUT2D eigenvalue weighted by Gasteiger charge is 2.31. The van der Waals surface area contributed by atoms with Crippen molar-refractivity contribution in [2.75, 3.05) is 31.1 Å². The summed E-state index contributed by atoms with van der Waals surface area (Å²) in [6, 6.07) is 0. The van der Waals surface area contributed by atoms with E-state index in [1.54, 1.807) is 0 Å². The fourth-order valence-corrected chi connectivity index (χ4v) is 7.18. The van der Waals surface area contributed by atoms with E-state index >= 15 is 0 Å². The van der Waals surface area contributed by atoms with Gasteiger partial charge in [-0.05, 0) is 50.0 Å². The molecule has 2 aliphatic carbocycles. The van der Waals surface area contributed by atoms with Gasteiger partial charge in [0, 0.05) is 43.4 Å². The molecule has 0 spiro atoms. The Labute approximate surface area is 196 Å². The fraction of sp³-hybridized carbons (Fsp3) is 0.731. The molecule has 1 aliphatic heterocycles. The first-order valence-electron chi connectivity index (χ1n) is 13.0. The van der Waals surface area contributed by atoms with Gasteiger partial charge in [-0.1, -0.05) is 39.5 Å². The number of anilines is 1. The fourth-order valence-electron chi connectivity index (χ4n) is 5.79. The van der Waals surface area contributed by atoms with Crippen LogP contribution < -0.4 is 4.90 Å². The summed E-state index contributed by atoms with van der Waals surface area (Å²) in [6.07, 6.45) is 12.8. The normalized spacial score (nSPS) is 22.4. The summed E-state index contributed by atoms with van der Waals surface area (Å²) < 4.78 is 0. The van der Waals surface area contributed by atoms with Crippen LogP contribution in [0.4, 0.5) is 5.82 Å². The van der Waals surface area contributed by atoms with Gasteiger partial charge in [0.25, 0.3) is 0 Å². The van der Waals surface area contributed by atoms with E-state index in [4.69, 9.17) is 9.97 Å². The minimum absolute atomic E-state index is 0.271. The molecule has 6 heteroatoms. The molecule has 0 radical (unpaired) electrons. The number of carbonyl (C=O) groups is 1. The first-order chi connectivity index (χ1) is 15.6. The summed E-state index contributed by atoms with van der Waals surface area (Å²) in [5, 5.41) is 1.32. The number of nitrogens with zero attached hydrogens (tertiary/aromatic N) is 4. The largest absolute Gasteiger partial charge is 0.352 e. The van der Waals surface area contributed by atoms with E-state index in [1.807, 2.05) is 11.3 Å². The van der Waals surface area contributed by atoms with Crippen molar-refractivity contribution in [1.82, 2.24) is 14.9 Å². The van der Waals surface area contributed by atoms with Gasteiger partial charge in [-0.2, -0.15) is 0 Å². The number of unbranched alkanes of at least 4 members (excludes halogenated alkanes) is 1. The van der Waals surface area contributed by atoms with Crippen molar-refractivity contribution >= 4 is 33.3 Å². The number of fused-ring (bicyclic) bond motifs is 3. The van der Waals surface area contributed by atoms with Gasteiger partial charge in [0.1, 0.15) is 16.5 Å². The van der Waals surface area contributed by atoms with E-state index < -0.39 is 0 Å². The number of hydrogen-bond acceptors (Lipinski definition) is 5. The number of hydrogen-bond donors (Lipinski definition) is 0. The van der Waals surface area contributed by atoms with Gasteiger partial charge in [-0.25, -0.2) is 9.97 Å². The minimum atomic E-state index is 0.271. The zero-order chi connectivity index (χ0) is 22.1. The van der Waals surface area contributed by atoms with Crippen LogP contribution in [0.5, 0.6) is 0 Å². The molecule has 2 aromatic heterocycles. The van der Waals surface area contributed by atoms with Crippen molar-refractivity contribution < 1.29 is 4.79 Å². The Bertz CT molecular complexity index is 956. The summed E-state index contributed by atoms with van der Waals surface area (Å²) in [5.41, 5.74) is 1.51. The van der Waals surface area contributed by atoms with Crippen LogP contribution in [0.2, 0.25) is 0 Å². The van der Waals surface area contributed by atoms with Crippen LogP contribution in [0.3, 0.4) is 0 Å². The predicted molar refractivity (Wildman–Crippen MR) is 133 cm³/mol. The van der Waals surface area contributed by atoms with Gasteiger partial charge in [-0.15, -0.1) is 11.3 Å². The third-order valence-electron chi connectivity index (χ3n) is 7.78. The molecule has 0 aromatic carbocycles. The SMILES string of the molecule is CCCCc1nc(N2CCN(C(=O)C3CCCCC3)CC2)c2c3c(sc2n1)CC(C)CC3. The topological polar surface area (TPSA) is 49.3 Å². The van der Waals surface area contributed by atoms with E-state index in [2.05, 4.69) is 23.6 Å². The van der Waals surface area contributed by atoms with Crippen molar-refractivity contribution in [3.05, 3.63) is 16.3 Å². The first-order valence-corrected chi connectivity index (χ1v) is 13.8. The molecule has 1 atom stereocenters. The quantitative estimate of drug-likeness (QED) is 0.608. The number of piperazine rings is 1. The lowest BCUT2D eigenvalue weighted by atomic mass is 9.88. The molecule has 2 aromatic rings. The maximum atomic E-state index is 13.0. The van der Waals surface area contributed by atoms with Crippen LogP contribution in [-0.2, 0) is 24.1 Å². The molecule has 0 bridgehead atoms. The van der Waals surface area contributed by atoms with Gasteiger partial charge < -0.3 is 9.80 Å². The summed E-state index contributed by atoms with van der Waals surface area (Å²) >= 11 is 1.91. The second-order valence-electron chi connectivity index (χ2n) is 10.2. The van der Waals surface area contributed by atoms with Crippen molar-refractivity contribution in [3.63, 3.8) is 0 Å². The van der Waals surface area contributed by atoms with Crippen molar-refractivity contribution in [2.24, 2.45) is 11.8 Å². The molecule has 32 heavy (non-hydrogen) atoms. The standard InChI is InChI=1S/C26H38N4OS/c1-3-4-10-22-27-24(23-20-12-11-18(2)17-21(20)32-25(23)28-22)29-13-15-30(16-14-29)26(31)19-8-6-5-7-9-19/h18-19H,3-17H2,1-2H3. The van der Waals surface area contributed by atoms with Crippen LogP contribution in [0, 0.1) is 11.8 Å². The molecule has 3 aliphatic rings. The highest BCUT2D eigenvalue weighted by atomic mass is 32.1. The lowest BCUT2D eigenvalue weighted by molar-refractivity contribution is -0.136. The molecule has 1 saturated carbocycles. The summed E-state index contributed by atoms with van der Waals surface area (Å²) in [5.74, 6) is 3.59. The molecular formula is C26H38N4OS. The molecule has 5 rings (SSSR count). The van der Waals surface area contributed by atoms with E-state index in [-0.39, 0.29) is 5.92 Å². The Kier molecular flexibility index (Phi) is 6.68. The number of aromatic nitrogens is 2. The Morgan fingerprint density at radius 3 is 2.59 bits per heavy atom. The molecule has 0 N–H and O–H groups in total. The average Bonchev–Trinajstić information content (AvgIpc) is 3.19. The van der Waals surface area contributed by atoms with Crippen LogP contribution in [-0.4, -0.2) is 47.0 Å². The molecular weight excluding hydrogens is 416 g/mol. The number of aryl methyl sites for hydroxylation is 2. The average molecular weight is 455 g/mol. The predicted octanol–water partition coefficient (Wildman–Crippen LogP) is 5.39. The third-order valence-corrected chi connectivity index (χ3v) is 8.93. The van der Waals surface area contributed by atoms with Gasteiger partial charge in [0.2, 0.25) is 5.91 Å². The van der Waals surface area contributed by atoms with Crippen LogP contribution >= 0.6 is 11.3 Å². The molecule has 1 saturated heterocycles. The van der Waals surface area contributed by atoms with Crippen molar-refractivity contribution in [2.45, 2.75) is 84.5 Å². The smallest absolute Gasteiger partial charge is 0.225 e. The molecule has 2 fully saturated rings. The molecule has 5 nitrogen and oxygen atoms in total. The van der Waals surface area contributed by atoms with E-state index in [0.29, 0.717) is 5.91 Å². The zero-order valence-corrected chi connectivity index (χ0v) is 20.7. The number of amides is 1. The first kappa shape index (κ1) is 22.1. The van der Waals surface area contributed by atoms with Crippen LogP contribution in [0.15, 0.2) is 0 Å². The number of thiophene rings is 1. The van der Waals surface area contributed by atoms with Gasteiger partial charge in [0.05, 0.1) is 5.39 Å². The Balaban J connectivity index is 1.39. The van der Waals surface area contributed by atoms with E-state index in [0.717, 1.165) is 82.3 Å². The lowest BCUT2D eigenvalue weighted by Crippen LogP contribution is -2.51. The minimum Gasteiger partial charge on any atom is -0.352 e. The molecule has 1 amide bonds. The Morgan fingerprint density at radius 2 is 1.84 bits per heavy atom. The van der Waals surface area contributed by atoms with E-state index in [1.165, 1.54) is 52.8 Å². The lowest BCUT2D eigenvalue weighted by Gasteiger charge is -2.38. The monoisotopic (exact) mass is 454 g/mol. The van der Waals surface area contributed by atoms with Gasteiger partial charge >= 0.3 is 0 Å². The van der Waals surface area contributed by atoms with Gasteiger partial charge in [-0.3, -0.25) is 4.79 Å². The Hall–Kier alpha value is -1.69. The van der Waals surface area contributed by atoms with Crippen molar-refractivity contribution in [1.29, 1.82) is 0 Å². The third kappa shape index (κ3) is 4.40. The van der Waals surface area contributed by atoms with Gasteiger partial charge in [0.15, 0.2) is 0 Å². The highest BCUT2D eigenvalue weighted by Crippen LogP contribution is 2.41. The second kappa shape index (κ2) is 9.66.